The van der Waals surface area contributed by atoms with Gasteiger partial charge in [-0.25, -0.2) is 4.39 Å². The van der Waals surface area contributed by atoms with Gasteiger partial charge in [-0.05, 0) is 38.1 Å². The molecule has 0 atom stereocenters. The predicted molar refractivity (Wildman–Crippen MR) is 64.4 cm³/mol. The average molecular weight is 239 g/mol. The largest absolute Gasteiger partial charge is 0.496 e. The van der Waals surface area contributed by atoms with Crippen molar-refractivity contribution < 1.29 is 13.9 Å². The Hall–Kier alpha value is -1.29. The van der Waals surface area contributed by atoms with E-state index in [-0.39, 0.29) is 0 Å². The van der Waals surface area contributed by atoms with E-state index in [9.17, 15) is 4.39 Å². The van der Waals surface area contributed by atoms with Crippen molar-refractivity contribution >= 4 is 0 Å². The minimum absolute atomic E-state index is 0.448. The second-order valence-electron chi connectivity index (χ2n) is 4.25. The Morgan fingerprint density at radius 2 is 1.65 bits per heavy atom. The number of ether oxygens (including phenoxy) is 2. The van der Waals surface area contributed by atoms with Crippen molar-refractivity contribution in [1.82, 2.24) is 5.32 Å². The number of alkyl halides is 1. The van der Waals surface area contributed by atoms with Crippen molar-refractivity contribution in [3.05, 3.63) is 23.8 Å². The fourth-order valence-corrected chi connectivity index (χ4v) is 2.37. The summed E-state index contributed by atoms with van der Waals surface area (Å²) in [4.78, 5) is 0. The monoisotopic (exact) mass is 239 g/mol. The van der Waals surface area contributed by atoms with Gasteiger partial charge in [0.25, 0.3) is 0 Å². The number of hydrogen-bond donors (Lipinski definition) is 1. The molecular formula is C13H18FNO2. The Bertz CT molecular complexity index is 367. The van der Waals surface area contributed by atoms with Crippen LogP contribution in [0.2, 0.25) is 0 Å². The highest BCUT2D eigenvalue weighted by molar-refractivity contribution is 5.49. The van der Waals surface area contributed by atoms with Crippen molar-refractivity contribution in [3.63, 3.8) is 0 Å². The fourth-order valence-electron chi connectivity index (χ4n) is 2.37. The maximum atomic E-state index is 15.0. The Balaban J connectivity index is 2.47. The number of rotatable bonds is 3. The molecule has 1 aliphatic rings. The predicted octanol–water partition coefficient (Wildman–Crippen LogP) is 2.25. The van der Waals surface area contributed by atoms with Crippen LogP contribution < -0.4 is 14.8 Å². The number of piperidine rings is 1. The third kappa shape index (κ3) is 2.22. The summed E-state index contributed by atoms with van der Waals surface area (Å²) in [5.74, 6) is 1.13. The normalized spacial score (nSPS) is 18.8. The maximum absolute atomic E-state index is 15.0. The summed E-state index contributed by atoms with van der Waals surface area (Å²) in [6.45, 7) is 1.36. The molecule has 1 saturated heterocycles. The molecule has 0 aromatic heterocycles. The van der Waals surface area contributed by atoms with Crippen LogP contribution in [0.25, 0.3) is 0 Å². The van der Waals surface area contributed by atoms with E-state index in [1.807, 2.05) is 6.07 Å². The van der Waals surface area contributed by atoms with Crippen LogP contribution in [-0.4, -0.2) is 27.3 Å². The second kappa shape index (κ2) is 4.92. The van der Waals surface area contributed by atoms with Gasteiger partial charge in [0.15, 0.2) is 0 Å². The van der Waals surface area contributed by atoms with Crippen LogP contribution in [0.5, 0.6) is 11.5 Å². The topological polar surface area (TPSA) is 30.5 Å². The smallest absolute Gasteiger partial charge is 0.145 e. The molecule has 4 heteroatoms. The molecule has 0 spiro atoms. The fraction of sp³-hybridized carbons (Fsp3) is 0.538. The first kappa shape index (κ1) is 12.2. The van der Waals surface area contributed by atoms with Crippen LogP contribution in [0.3, 0.4) is 0 Å². The van der Waals surface area contributed by atoms with E-state index >= 15 is 0 Å². The molecule has 0 amide bonds. The lowest BCUT2D eigenvalue weighted by Gasteiger charge is -2.32. The zero-order valence-electron chi connectivity index (χ0n) is 10.3. The van der Waals surface area contributed by atoms with Crippen LogP contribution in [0, 0.1) is 0 Å². The van der Waals surface area contributed by atoms with Gasteiger partial charge in [-0.15, -0.1) is 0 Å². The van der Waals surface area contributed by atoms with Gasteiger partial charge in [0.1, 0.15) is 17.2 Å². The molecule has 0 saturated carbocycles. The lowest BCUT2D eigenvalue weighted by Crippen LogP contribution is -2.37. The van der Waals surface area contributed by atoms with Crippen LogP contribution in [0.15, 0.2) is 18.2 Å². The van der Waals surface area contributed by atoms with Gasteiger partial charge in [0.05, 0.1) is 19.8 Å². The Morgan fingerprint density at radius 1 is 1.12 bits per heavy atom. The minimum Gasteiger partial charge on any atom is -0.496 e. The van der Waals surface area contributed by atoms with E-state index in [0.717, 1.165) is 0 Å². The molecule has 1 N–H and O–H groups in total. The molecule has 1 aliphatic heterocycles. The van der Waals surface area contributed by atoms with Crippen LogP contribution in [-0.2, 0) is 5.67 Å². The number of nitrogens with one attached hydrogen (secondary N) is 1. The lowest BCUT2D eigenvalue weighted by atomic mass is 9.85. The van der Waals surface area contributed by atoms with E-state index in [4.69, 9.17) is 9.47 Å². The summed E-state index contributed by atoms with van der Waals surface area (Å²) >= 11 is 0. The zero-order chi connectivity index (χ0) is 12.3. The third-order valence-electron chi connectivity index (χ3n) is 3.27. The van der Waals surface area contributed by atoms with Gasteiger partial charge in [0, 0.05) is 0 Å². The highest BCUT2D eigenvalue weighted by Gasteiger charge is 2.38. The first-order chi connectivity index (χ1) is 8.21. The number of halogens is 1. The first-order valence-corrected chi connectivity index (χ1v) is 5.82. The third-order valence-corrected chi connectivity index (χ3v) is 3.27. The molecule has 1 fully saturated rings. The highest BCUT2D eigenvalue weighted by Crippen LogP contribution is 2.45. The van der Waals surface area contributed by atoms with E-state index in [1.165, 1.54) is 0 Å². The lowest BCUT2D eigenvalue weighted by molar-refractivity contribution is 0.107. The van der Waals surface area contributed by atoms with E-state index in [2.05, 4.69) is 5.32 Å². The first-order valence-electron chi connectivity index (χ1n) is 5.82. The molecule has 0 bridgehead atoms. The molecule has 0 unspecified atom stereocenters. The van der Waals surface area contributed by atoms with Crippen molar-refractivity contribution in [2.45, 2.75) is 18.5 Å². The quantitative estimate of drug-likeness (QED) is 0.877. The van der Waals surface area contributed by atoms with Gasteiger partial charge in [-0.3, -0.25) is 0 Å². The molecule has 17 heavy (non-hydrogen) atoms. The summed E-state index contributed by atoms with van der Waals surface area (Å²) in [5, 5.41) is 3.16. The zero-order valence-corrected chi connectivity index (χ0v) is 10.3. The Morgan fingerprint density at radius 3 is 2.12 bits per heavy atom. The highest BCUT2D eigenvalue weighted by atomic mass is 19.1. The van der Waals surface area contributed by atoms with E-state index in [1.54, 1.807) is 26.4 Å². The van der Waals surface area contributed by atoms with E-state index in [0.29, 0.717) is 43.0 Å². The van der Waals surface area contributed by atoms with Crippen LogP contribution in [0.4, 0.5) is 4.39 Å². The minimum atomic E-state index is -1.36. The molecular weight excluding hydrogens is 221 g/mol. The summed E-state index contributed by atoms with van der Waals surface area (Å²) in [7, 11) is 3.12. The molecule has 0 radical (unpaired) electrons. The SMILES string of the molecule is COc1cccc(OC)c1C1(F)CCNCC1. The maximum Gasteiger partial charge on any atom is 0.145 e. The van der Waals surface area contributed by atoms with Crippen molar-refractivity contribution in [3.8, 4) is 11.5 Å². The molecule has 1 heterocycles. The number of benzene rings is 1. The number of hydrogen-bond acceptors (Lipinski definition) is 3. The van der Waals surface area contributed by atoms with Crippen LogP contribution in [0.1, 0.15) is 18.4 Å². The van der Waals surface area contributed by atoms with Crippen LogP contribution >= 0.6 is 0 Å². The van der Waals surface area contributed by atoms with Gasteiger partial charge < -0.3 is 14.8 Å². The Kier molecular flexibility index (Phi) is 3.52. The molecule has 2 rings (SSSR count). The van der Waals surface area contributed by atoms with Gasteiger partial charge in [0.2, 0.25) is 0 Å². The Labute approximate surface area is 101 Å². The second-order valence-corrected chi connectivity index (χ2v) is 4.25. The van der Waals surface area contributed by atoms with Gasteiger partial charge >= 0.3 is 0 Å². The number of methoxy groups -OCH3 is 2. The summed E-state index contributed by atoms with van der Waals surface area (Å²) < 4.78 is 25.5. The average Bonchev–Trinajstić information content (AvgIpc) is 2.38. The molecule has 0 aliphatic carbocycles. The van der Waals surface area contributed by atoms with E-state index < -0.39 is 5.67 Å². The summed E-state index contributed by atoms with van der Waals surface area (Å²) in [5.41, 5.74) is -0.810. The van der Waals surface area contributed by atoms with Crippen molar-refractivity contribution in [1.29, 1.82) is 0 Å². The standard InChI is InChI=1S/C13H18FNO2/c1-16-10-4-3-5-11(17-2)12(10)13(14)6-8-15-9-7-13/h3-5,15H,6-9H2,1-2H3. The molecule has 1 aromatic carbocycles. The van der Waals surface area contributed by atoms with Crippen molar-refractivity contribution in [2.24, 2.45) is 0 Å². The van der Waals surface area contributed by atoms with Crippen molar-refractivity contribution in [2.75, 3.05) is 27.3 Å². The summed E-state index contributed by atoms with van der Waals surface area (Å²) in [6.07, 6.45) is 0.896. The molecule has 3 nitrogen and oxygen atoms in total. The summed E-state index contributed by atoms with van der Waals surface area (Å²) in [6, 6.07) is 5.37. The molecule has 94 valence electrons. The molecule has 1 aromatic rings. The van der Waals surface area contributed by atoms with Gasteiger partial charge in [-0.2, -0.15) is 0 Å². The van der Waals surface area contributed by atoms with Gasteiger partial charge in [-0.1, -0.05) is 6.07 Å².